The van der Waals surface area contributed by atoms with Gasteiger partial charge in [-0.05, 0) is 42.1 Å². The third kappa shape index (κ3) is 3.27. The van der Waals surface area contributed by atoms with Gasteiger partial charge in [-0.25, -0.2) is 9.97 Å². The highest BCUT2D eigenvalue weighted by atomic mass is 35.5. The molecule has 0 N–H and O–H groups in total. The van der Waals surface area contributed by atoms with Crippen molar-refractivity contribution in [1.29, 1.82) is 0 Å². The molecule has 1 heterocycles. The SMILES string of the molecule is CSc1ccc(Cl)cc1-c1cc(-c2ccccc2)nc(Cl)n1. The summed E-state index contributed by atoms with van der Waals surface area (Å²) in [6.07, 6.45) is 2.02. The third-order valence-corrected chi connectivity index (χ3v) is 4.41. The van der Waals surface area contributed by atoms with Gasteiger partial charge < -0.3 is 0 Å². The Morgan fingerprint density at radius 3 is 2.32 bits per heavy atom. The summed E-state index contributed by atoms with van der Waals surface area (Å²) in [6, 6.07) is 17.6. The zero-order valence-electron chi connectivity index (χ0n) is 11.8. The number of thioether (sulfide) groups is 1. The molecule has 0 saturated heterocycles. The van der Waals surface area contributed by atoms with Crippen LogP contribution in [-0.4, -0.2) is 16.2 Å². The van der Waals surface area contributed by atoms with Gasteiger partial charge in [-0.3, -0.25) is 0 Å². The number of hydrogen-bond acceptors (Lipinski definition) is 3. The fourth-order valence-corrected chi connectivity index (χ4v) is 3.13. The Hall–Kier alpha value is -1.55. The molecule has 22 heavy (non-hydrogen) atoms. The van der Waals surface area contributed by atoms with Crippen LogP contribution in [0.15, 0.2) is 59.5 Å². The summed E-state index contributed by atoms with van der Waals surface area (Å²) in [5, 5.41) is 0.896. The van der Waals surface area contributed by atoms with E-state index in [2.05, 4.69) is 9.97 Å². The van der Waals surface area contributed by atoms with Crippen LogP contribution in [0.5, 0.6) is 0 Å². The van der Waals surface area contributed by atoms with E-state index in [0.717, 1.165) is 27.4 Å². The van der Waals surface area contributed by atoms with Crippen LogP contribution in [0, 0.1) is 0 Å². The monoisotopic (exact) mass is 346 g/mol. The summed E-state index contributed by atoms with van der Waals surface area (Å²) in [6.45, 7) is 0. The summed E-state index contributed by atoms with van der Waals surface area (Å²) >= 11 is 13.9. The van der Waals surface area contributed by atoms with Crippen molar-refractivity contribution < 1.29 is 0 Å². The van der Waals surface area contributed by atoms with Crippen molar-refractivity contribution in [3.05, 3.63) is 64.9 Å². The van der Waals surface area contributed by atoms with E-state index in [1.54, 1.807) is 11.8 Å². The molecule has 110 valence electrons. The molecule has 0 saturated carbocycles. The molecule has 0 aliphatic heterocycles. The van der Waals surface area contributed by atoms with E-state index >= 15 is 0 Å². The average Bonchev–Trinajstić information content (AvgIpc) is 2.55. The normalized spacial score (nSPS) is 10.7. The first-order valence-corrected chi connectivity index (χ1v) is 8.59. The molecule has 2 nitrogen and oxygen atoms in total. The van der Waals surface area contributed by atoms with Crippen molar-refractivity contribution in [3.8, 4) is 22.5 Å². The number of rotatable bonds is 3. The first-order chi connectivity index (χ1) is 10.7. The zero-order valence-corrected chi connectivity index (χ0v) is 14.1. The lowest BCUT2D eigenvalue weighted by atomic mass is 10.1. The van der Waals surface area contributed by atoms with Crippen molar-refractivity contribution in [2.45, 2.75) is 4.90 Å². The minimum Gasteiger partial charge on any atom is -0.218 e. The smallest absolute Gasteiger partial charge is 0.218 e. The van der Waals surface area contributed by atoms with Crippen LogP contribution in [0.4, 0.5) is 0 Å². The van der Waals surface area contributed by atoms with Crippen LogP contribution in [0.25, 0.3) is 22.5 Å². The van der Waals surface area contributed by atoms with E-state index in [-0.39, 0.29) is 5.28 Å². The second-order valence-electron chi connectivity index (χ2n) is 4.62. The van der Waals surface area contributed by atoms with Crippen molar-refractivity contribution in [3.63, 3.8) is 0 Å². The molecular formula is C17H12Cl2N2S. The molecule has 5 heteroatoms. The van der Waals surface area contributed by atoms with Gasteiger partial charge in [0, 0.05) is 21.0 Å². The first kappa shape index (κ1) is 15.3. The highest BCUT2D eigenvalue weighted by Crippen LogP contribution is 2.33. The molecule has 0 amide bonds. The van der Waals surface area contributed by atoms with E-state index < -0.39 is 0 Å². The predicted molar refractivity (Wildman–Crippen MR) is 94.7 cm³/mol. The Morgan fingerprint density at radius 2 is 1.59 bits per heavy atom. The maximum atomic E-state index is 6.13. The summed E-state index contributed by atoms with van der Waals surface area (Å²) in [5.74, 6) is 0. The van der Waals surface area contributed by atoms with Crippen molar-refractivity contribution in [2.24, 2.45) is 0 Å². The van der Waals surface area contributed by atoms with Gasteiger partial charge in [0.2, 0.25) is 5.28 Å². The Labute approximate surface area is 143 Å². The Morgan fingerprint density at radius 1 is 0.864 bits per heavy atom. The minimum atomic E-state index is 0.225. The van der Waals surface area contributed by atoms with Crippen LogP contribution in [0.2, 0.25) is 10.3 Å². The molecule has 1 aromatic heterocycles. The number of nitrogens with zero attached hydrogens (tertiary/aromatic N) is 2. The minimum absolute atomic E-state index is 0.225. The van der Waals surface area contributed by atoms with Gasteiger partial charge in [-0.1, -0.05) is 41.9 Å². The van der Waals surface area contributed by atoms with Crippen LogP contribution in [0.3, 0.4) is 0 Å². The molecule has 0 aliphatic rings. The molecule has 3 aromatic rings. The lowest BCUT2D eigenvalue weighted by molar-refractivity contribution is 1.17. The number of aromatic nitrogens is 2. The summed E-state index contributed by atoms with van der Waals surface area (Å²) in [5.41, 5.74) is 3.52. The standard InChI is InChI=1S/C17H12Cl2N2S/c1-22-16-8-7-12(18)9-13(16)15-10-14(20-17(19)21-15)11-5-3-2-4-6-11/h2-10H,1H3. The van der Waals surface area contributed by atoms with E-state index in [4.69, 9.17) is 23.2 Å². The van der Waals surface area contributed by atoms with Crippen LogP contribution >= 0.6 is 35.0 Å². The maximum absolute atomic E-state index is 6.13. The molecule has 0 fully saturated rings. The molecule has 3 rings (SSSR count). The fraction of sp³-hybridized carbons (Fsp3) is 0.0588. The Bertz CT molecular complexity index is 807. The first-order valence-electron chi connectivity index (χ1n) is 6.61. The van der Waals surface area contributed by atoms with Gasteiger partial charge >= 0.3 is 0 Å². The molecule has 2 aromatic carbocycles. The lowest BCUT2D eigenvalue weighted by Crippen LogP contribution is -1.93. The quantitative estimate of drug-likeness (QED) is 0.440. The van der Waals surface area contributed by atoms with E-state index in [0.29, 0.717) is 5.02 Å². The fourth-order valence-electron chi connectivity index (χ4n) is 2.19. The van der Waals surface area contributed by atoms with E-state index in [9.17, 15) is 0 Å². The second-order valence-corrected chi connectivity index (χ2v) is 6.24. The number of hydrogen-bond donors (Lipinski definition) is 0. The molecule has 0 aliphatic carbocycles. The summed E-state index contributed by atoms with van der Waals surface area (Å²) in [4.78, 5) is 9.78. The number of benzene rings is 2. The lowest BCUT2D eigenvalue weighted by Gasteiger charge is -2.09. The average molecular weight is 347 g/mol. The van der Waals surface area contributed by atoms with Crippen LogP contribution in [0.1, 0.15) is 0 Å². The van der Waals surface area contributed by atoms with Crippen molar-refractivity contribution >= 4 is 35.0 Å². The largest absolute Gasteiger partial charge is 0.223 e. The van der Waals surface area contributed by atoms with Gasteiger partial charge in [-0.2, -0.15) is 0 Å². The molecule has 0 spiro atoms. The van der Waals surface area contributed by atoms with Crippen molar-refractivity contribution in [1.82, 2.24) is 9.97 Å². The van der Waals surface area contributed by atoms with Crippen LogP contribution in [-0.2, 0) is 0 Å². The van der Waals surface area contributed by atoms with Crippen molar-refractivity contribution in [2.75, 3.05) is 6.26 Å². The zero-order chi connectivity index (χ0) is 15.5. The Balaban J connectivity index is 2.17. The highest BCUT2D eigenvalue weighted by molar-refractivity contribution is 7.98. The molecule has 0 radical (unpaired) electrons. The third-order valence-electron chi connectivity index (χ3n) is 3.21. The number of halogens is 2. The van der Waals surface area contributed by atoms with E-state index in [1.807, 2.05) is 60.9 Å². The van der Waals surface area contributed by atoms with E-state index in [1.165, 1.54) is 0 Å². The predicted octanol–water partition coefficient (Wildman–Crippen LogP) is 5.84. The Kier molecular flexibility index (Phi) is 4.67. The summed E-state index contributed by atoms with van der Waals surface area (Å²) in [7, 11) is 0. The maximum Gasteiger partial charge on any atom is 0.223 e. The van der Waals surface area contributed by atoms with Gasteiger partial charge in [-0.15, -0.1) is 11.8 Å². The van der Waals surface area contributed by atoms with Crippen LogP contribution < -0.4 is 0 Å². The van der Waals surface area contributed by atoms with Gasteiger partial charge in [0.05, 0.1) is 11.4 Å². The second kappa shape index (κ2) is 6.69. The molecule has 0 atom stereocenters. The molecule has 0 bridgehead atoms. The van der Waals surface area contributed by atoms with Gasteiger partial charge in [0.1, 0.15) is 0 Å². The van der Waals surface area contributed by atoms with Gasteiger partial charge in [0.15, 0.2) is 0 Å². The van der Waals surface area contributed by atoms with Gasteiger partial charge in [0.25, 0.3) is 0 Å². The molecule has 0 unspecified atom stereocenters. The topological polar surface area (TPSA) is 25.8 Å². The summed E-state index contributed by atoms with van der Waals surface area (Å²) < 4.78 is 0. The molecular weight excluding hydrogens is 335 g/mol. The highest BCUT2D eigenvalue weighted by Gasteiger charge is 2.11.